The van der Waals surface area contributed by atoms with E-state index in [-0.39, 0.29) is 5.88 Å². The predicted octanol–water partition coefficient (Wildman–Crippen LogP) is 1.18. The molecule has 0 fully saturated rings. The van der Waals surface area contributed by atoms with Gasteiger partial charge < -0.3 is 10.5 Å². The second-order valence-corrected chi connectivity index (χ2v) is 5.71. The summed E-state index contributed by atoms with van der Waals surface area (Å²) in [6.07, 6.45) is 1.29. The Morgan fingerprint density at radius 2 is 2.10 bits per heavy atom. The number of rotatable bonds is 4. The normalized spacial score (nSPS) is 12.4. The molecule has 0 bridgehead atoms. The molecule has 3 aromatic rings. The minimum atomic E-state index is -1.40. The smallest absolute Gasteiger partial charge is 0.162 e. The van der Waals surface area contributed by atoms with Gasteiger partial charge in [-0.2, -0.15) is 4.80 Å². The fourth-order valence-corrected chi connectivity index (χ4v) is 3.28. The maximum atomic E-state index is 12.5. The second kappa shape index (κ2) is 5.49. The first-order chi connectivity index (χ1) is 10.2. The second-order valence-electron chi connectivity index (χ2n) is 4.33. The molecule has 21 heavy (non-hydrogen) atoms. The third-order valence-corrected chi connectivity index (χ3v) is 4.33. The summed E-state index contributed by atoms with van der Waals surface area (Å²) in [5, 5.41) is 12.9. The van der Waals surface area contributed by atoms with E-state index in [9.17, 15) is 4.21 Å². The maximum Gasteiger partial charge on any atom is 0.162 e. The van der Waals surface area contributed by atoms with Gasteiger partial charge in [-0.1, -0.05) is 24.3 Å². The van der Waals surface area contributed by atoms with E-state index in [1.165, 1.54) is 11.1 Å². The number of tetrazole rings is 1. The standard InChI is InChI=1S/C13H13N5O2S/c1-20-13-10-5-3-2-4-9(10)11(14)6-12(13)21(19)8-18-16-7-15-17-18/h2-7H,8,14H2,1H3. The molecule has 0 saturated carbocycles. The van der Waals surface area contributed by atoms with E-state index >= 15 is 0 Å². The van der Waals surface area contributed by atoms with E-state index < -0.39 is 10.8 Å². The molecule has 0 saturated heterocycles. The molecule has 0 amide bonds. The number of aromatic nitrogens is 4. The average Bonchev–Trinajstić information content (AvgIpc) is 3.00. The van der Waals surface area contributed by atoms with Crippen molar-refractivity contribution in [1.29, 1.82) is 0 Å². The minimum Gasteiger partial charge on any atom is -0.495 e. The van der Waals surface area contributed by atoms with Crippen LogP contribution in [0.4, 0.5) is 5.69 Å². The largest absolute Gasteiger partial charge is 0.495 e. The maximum absolute atomic E-state index is 12.5. The molecule has 0 aliphatic rings. The van der Waals surface area contributed by atoms with Gasteiger partial charge in [0.05, 0.1) is 22.8 Å². The molecule has 1 atom stereocenters. The number of ether oxygens (including phenoxy) is 1. The number of nitrogens with two attached hydrogens (primary N) is 1. The van der Waals surface area contributed by atoms with Gasteiger partial charge in [0.1, 0.15) is 11.6 Å². The number of anilines is 1. The van der Waals surface area contributed by atoms with E-state index in [4.69, 9.17) is 10.5 Å². The highest BCUT2D eigenvalue weighted by Crippen LogP contribution is 2.36. The zero-order valence-electron chi connectivity index (χ0n) is 11.3. The summed E-state index contributed by atoms with van der Waals surface area (Å²) in [6.45, 7) is 0. The molecular weight excluding hydrogens is 290 g/mol. The van der Waals surface area contributed by atoms with Gasteiger partial charge >= 0.3 is 0 Å². The Kier molecular flexibility index (Phi) is 3.53. The van der Waals surface area contributed by atoms with Crippen molar-refractivity contribution in [3.63, 3.8) is 0 Å². The molecule has 0 radical (unpaired) electrons. The van der Waals surface area contributed by atoms with E-state index in [2.05, 4.69) is 15.4 Å². The van der Waals surface area contributed by atoms with Crippen LogP contribution in [0.25, 0.3) is 10.8 Å². The molecule has 0 aliphatic heterocycles. The van der Waals surface area contributed by atoms with Crippen LogP contribution in [0.3, 0.4) is 0 Å². The summed E-state index contributed by atoms with van der Waals surface area (Å²) in [5.74, 6) is 0.645. The first-order valence-corrected chi connectivity index (χ1v) is 7.47. The van der Waals surface area contributed by atoms with Gasteiger partial charge in [-0.05, 0) is 11.3 Å². The first kappa shape index (κ1) is 13.5. The SMILES string of the molecule is COc1c(S(=O)Cn2ncnn2)cc(N)c2ccccc12. The topological polar surface area (TPSA) is 95.9 Å². The Morgan fingerprint density at radius 3 is 2.76 bits per heavy atom. The fraction of sp³-hybridized carbons (Fsp3) is 0.154. The van der Waals surface area contributed by atoms with Crippen LogP contribution in [-0.4, -0.2) is 31.5 Å². The van der Waals surface area contributed by atoms with Crippen LogP contribution in [0.15, 0.2) is 41.6 Å². The third kappa shape index (κ3) is 2.45. The fourth-order valence-electron chi connectivity index (χ4n) is 2.15. The predicted molar refractivity (Wildman–Crippen MR) is 79.1 cm³/mol. The van der Waals surface area contributed by atoms with Crippen molar-refractivity contribution in [2.75, 3.05) is 12.8 Å². The van der Waals surface area contributed by atoms with E-state index in [0.717, 1.165) is 10.8 Å². The zero-order valence-corrected chi connectivity index (χ0v) is 12.1. The van der Waals surface area contributed by atoms with Gasteiger partial charge in [0, 0.05) is 16.5 Å². The number of methoxy groups -OCH3 is 1. The monoisotopic (exact) mass is 303 g/mol. The highest BCUT2D eigenvalue weighted by molar-refractivity contribution is 7.84. The highest BCUT2D eigenvalue weighted by Gasteiger charge is 2.17. The zero-order chi connectivity index (χ0) is 14.8. The van der Waals surface area contributed by atoms with Crippen LogP contribution < -0.4 is 10.5 Å². The first-order valence-electron chi connectivity index (χ1n) is 6.15. The highest BCUT2D eigenvalue weighted by atomic mass is 32.2. The third-order valence-electron chi connectivity index (χ3n) is 3.07. The summed E-state index contributed by atoms with van der Waals surface area (Å²) in [5.41, 5.74) is 6.61. The van der Waals surface area contributed by atoms with Crippen LogP contribution in [-0.2, 0) is 16.7 Å². The van der Waals surface area contributed by atoms with Crippen molar-refractivity contribution in [3.8, 4) is 5.75 Å². The summed E-state index contributed by atoms with van der Waals surface area (Å²) in [6, 6.07) is 9.25. The Labute approximate surface area is 123 Å². The van der Waals surface area contributed by atoms with Crippen molar-refractivity contribution >= 4 is 27.3 Å². The van der Waals surface area contributed by atoms with Crippen LogP contribution in [0, 0.1) is 0 Å². The molecule has 2 aromatic carbocycles. The molecule has 1 heterocycles. The summed E-state index contributed by atoms with van der Waals surface area (Å²) >= 11 is 0. The van der Waals surface area contributed by atoms with Crippen LogP contribution in [0.1, 0.15) is 0 Å². The van der Waals surface area contributed by atoms with Crippen molar-refractivity contribution in [3.05, 3.63) is 36.7 Å². The van der Waals surface area contributed by atoms with Gasteiger partial charge in [0.25, 0.3) is 0 Å². The molecule has 108 valence electrons. The van der Waals surface area contributed by atoms with Crippen molar-refractivity contribution in [2.24, 2.45) is 0 Å². The molecule has 0 spiro atoms. The lowest BCUT2D eigenvalue weighted by molar-refractivity contribution is 0.409. The van der Waals surface area contributed by atoms with Crippen molar-refractivity contribution < 1.29 is 8.95 Å². The van der Waals surface area contributed by atoms with Gasteiger partial charge in [0.2, 0.25) is 0 Å². The number of hydrogen-bond acceptors (Lipinski definition) is 6. The van der Waals surface area contributed by atoms with Gasteiger partial charge in [0.15, 0.2) is 6.33 Å². The van der Waals surface area contributed by atoms with E-state index in [1.54, 1.807) is 13.2 Å². The Bertz CT molecular complexity index is 804. The van der Waals surface area contributed by atoms with Crippen molar-refractivity contribution in [1.82, 2.24) is 20.2 Å². The van der Waals surface area contributed by atoms with Crippen LogP contribution >= 0.6 is 0 Å². The van der Waals surface area contributed by atoms with Crippen molar-refractivity contribution in [2.45, 2.75) is 10.8 Å². The quantitative estimate of drug-likeness (QED) is 0.727. The van der Waals surface area contributed by atoms with Gasteiger partial charge in [-0.3, -0.25) is 4.21 Å². The lowest BCUT2D eigenvalue weighted by Crippen LogP contribution is -2.10. The Morgan fingerprint density at radius 1 is 1.33 bits per heavy atom. The summed E-state index contributed by atoms with van der Waals surface area (Å²) in [4.78, 5) is 1.78. The summed E-state index contributed by atoms with van der Waals surface area (Å²) < 4.78 is 18.0. The Balaban J connectivity index is 2.11. The molecule has 2 N–H and O–H groups in total. The molecule has 1 unspecified atom stereocenters. The molecule has 8 heteroatoms. The molecular formula is C13H13N5O2S. The number of benzene rings is 2. The number of nitrogen functional groups attached to an aromatic ring is 1. The summed E-state index contributed by atoms with van der Waals surface area (Å²) in [7, 11) is 0.150. The lowest BCUT2D eigenvalue weighted by Gasteiger charge is -2.13. The average molecular weight is 303 g/mol. The Hall–Kier alpha value is -2.48. The molecule has 7 nitrogen and oxygen atoms in total. The minimum absolute atomic E-state index is 0.0914. The van der Waals surface area contributed by atoms with E-state index in [0.29, 0.717) is 16.3 Å². The number of nitrogens with zero attached hydrogens (tertiary/aromatic N) is 4. The molecule has 1 aromatic heterocycles. The number of fused-ring (bicyclic) bond motifs is 1. The van der Waals surface area contributed by atoms with Gasteiger partial charge in [-0.15, -0.1) is 10.2 Å². The van der Waals surface area contributed by atoms with Crippen LogP contribution in [0.2, 0.25) is 0 Å². The number of hydrogen-bond donors (Lipinski definition) is 1. The van der Waals surface area contributed by atoms with Gasteiger partial charge in [-0.25, -0.2) is 0 Å². The molecule has 3 rings (SSSR count). The van der Waals surface area contributed by atoms with E-state index in [1.807, 2.05) is 24.3 Å². The molecule has 0 aliphatic carbocycles. The van der Waals surface area contributed by atoms with Crippen LogP contribution in [0.5, 0.6) is 5.75 Å². The lowest BCUT2D eigenvalue weighted by atomic mass is 10.1.